The highest BCUT2D eigenvalue weighted by Crippen LogP contribution is 2.42. The highest BCUT2D eigenvalue weighted by molar-refractivity contribution is 7.99. The lowest BCUT2D eigenvalue weighted by molar-refractivity contribution is 0.0696. The summed E-state index contributed by atoms with van der Waals surface area (Å²) in [6, 6.07) is 22.3. The quantitative estimate of drug-likeness (QED) is 0.319. The number of aliphatic imine (C=N–C) groups is 1. The Labute approximate surface area is 198 Å². The van der Waals surface area contributed by atoms with E-state index in [1.807, 2.05) is 66.5 Å². The molecule has 1 aliphatic heterocycles. The summed E-state index contributed by atoms with van der Waals surface area (Å²) < 4.78 is 0. The van der Waals surface area contributed by atoms with Crippen molar-refractivity contribution in [2.45, 2.75) is 47.9 Å². The maximum Gasteiger partial charge on any atom is 0.253 e. The topological polar surface area (TPSA) is 32.7 Å². The predicted molar refractivity (Wildman–Crippen MR) is 133 cm³/mol. The third-order valence-electron chi connectivity index (χ3n) is 6.36. The SMILES string of the molecule is CN(C(=O)c1ccc2c(c1)N=C(c1ccc(Cl)cc1)c1ccccc1S2)C1CCCCC1. The second kappa shape index (κ2) is 9.13. The number of halogens is 1. The number of amides is 1. The zero-order valence-electron chi connectivity index (χ0n) is 18.1. The van der Waals surface area contributed by atoms with Gasteiger partial charge in [0.25, 0.3) is 5.91 Å². The first-order chi connectivity index (χ1) is 15.6. The van der Waals surface area contributed by atoms with Crippen LogP contribution < -0.4 is 0 Å². The molecule has 1 heterocycles. The first-order valence-corrected chi connectivity index (χ1v) is 12.3. The van der Waals surface area contributed by atoms with Gasteiger partial charge in [0, 0.05) is 44.6 Å². The van der Waals surface area contributed by atoms with E-state index in [0.29, 0.717) is 16.6 Å². The molecule has 0 aromatic heterocycles. The summed E-state index contributed by atoms with van der Waals surface area (Å²) in [5.41, 5.74) is 4.52. The number of fused-ring (bicyclic) bond motifs is 2. The van der Waals surface area contributed by atoms with Crippen LogP contribution >= 0.6 is 23.4 Å². The molecule has 2 aliphatic rings. The highest BCUT2D eigenvalue weighted by Gasteiger charge is 2.25. The molecule has 1 aliphatic carbocycles. The van der Waals surface area contributed by atoms with E-state index in [1.54, 1.807) is 11.8 Å². The minimum Gasteiger partial charge on any atom is -0.339 e. The van der Waals surface area contributed by atoms with E-state index < -0.39 is 0 Å². The first kappa shape index (κ1) is 21.3. The van der Waals surface area contributed by atoms with Gasteiger partial charge in [-0.15, -0.1) is 0 Å². The van der Waals surface area contributed by atoms with Gasteiger partial charge in [0.15, 0.2) is 0 Å². The fourth-order valence-corrected chi connectivity index (χ4v) is 5.67. The van der Waals surface area contributed by atoms with Gasteiger partial charge < -0.3 is 4.90 Å². The molecular weight excluding hydrogens is 436 g/mol. The van der Waals surface area contributed by atoms with Crippen LogP contribution in [0.25, 0.3) is 0 Å². The van der Waals surface area contributed by atoms with Crippen molar-refractivity contribution in [1.29, 1.82) is 0 Å². The molecule has 0 radical (unpaired) electrons. The lowest BCUT2D eigenvalue weighted by Gasteiger charge is -2.31. The van der Waals surface area contributed by atoms with E-state index in [0.717, 1.165) is 45.2 Å². The van der Waals surface area contributed by atoms with Crippen LogP contribution in [-0.2, 0) is 0 Å². The largest absolute Gasteiger partial charge is 0.339 e. The minimum atomic E-state index is 0.0784. The van der Waals surface area contributed by atoms with Crippen LogP contribution in [0.1, 0.15) is 53.6 Å². The Bertz CT molecular complexity index is 1180. The third kappa shape index (κ3) is 4.22. The Morgan fingerprint density at radius 3 is 2.50 bits per heavy atom. The van der Waals surface area contributed by atoms with E-state index in [4.69, 9.17) is 16.6 Å². The standard InChI is InChI=1S/C27H25ClN2OS/c1-30(21-7-3-2-4-8-21)27(31)19-13-16-25-23(17-19)29-26(18-11-14-20(28)15-12-18)22-9-5-6-10-24(22)32-25/h5-6,9-17,21H,2-4,7-8H2,1H3. The maximum absolute atomic E-state index is 13.3. The van der Waals surface area contributed by atoms with Crippen LogP contribution in [0, 0.1) is 0 Å². The van der Waals surface area contributed by atoms with Crippen molar-refractivity contribution in [2.75, 3.05) is 7.05 Å². The second-order valence-corrected chi connectivity index (χ2v) is 9.98. The van der Waals surface area contributed by atoms with Crippen LogP contribution in [-0.4, -0.2) is 29.6 Å². The van der Waals surface area contributed by atoms with Crippen LogP contribution in [0.4, 0.5) is 5.69 Å². The summed E-state index contributed by atoms with van der Waals surface area (Å²) in [4.78, 5) is 22.5. The predicted octanol–water partition coefficient (Wildman–Crippen LogP) is 7.38. The molecular formula is C27H25ClN2OS. The molecule has 0 saturated heterocycles. The average Bonchev–Trinajstić information content (AvgIpc) is 3.00. The molecule has 0 N–H and O–H groups in total. The lowest BCUT2D eigenvalue weighted by atomic mass is 9.94. The Morgan fingerprint density at radius 2 is 1.72 bits per heavy atom. The van der Waals surface area contributed by atoms with E-state index in [1.165, 1.54) is 19.3 Å². The molecule has 1 fully saturated rings. The molecule has 1 saturated carbocycles. The molecule has 3 nitrogen and oxygen atoms in total. The smallest absolute Gasteiger partial charge is 0.253 e. The number of rotatable bonds is 3. The third-order valence-corrected chi connectivity index (χ3v) is 7.75. The number of carbonyl (C=O) groups excluding carboxylic acids is 1. The van der Waals surface area contributed by atoms with Gasteiger partial charge in [0.1, 0.15) is 0 Å². The van der Waals surface area contributed by atoms with Gasteiger partial charge in [-0.1, -0.05) is 73.0 Å². The summed E-state index contributed by atoms with van der Waals surface area (Å²) in [6.45, 7) is 0. The van der Waals surface area contributed by atoms with E-state index in [-0.39, 0.29) is 5.91 Å². The first-order valence-electron chi connectivity index (χ1n) is 11.1. The molecule has 32 heavy (non-hydrogen) atoms. The number of hydrogen-bond donors (Lipinski definition) is 0. The Balaban J connectivity index is 1.56. The average molecular weight is 461 g/mol. The molecule has 3 aromatic carbocycles. The minimum absolute atomic E-state index is 0.0784. The number of nitrogens with zero attached hydrogens (tertiary/aromatic N) is 2. The summed E-state index contributed by atoms with van der Waals surface area (Å²) in [6.07, 6.45) is 5.87. The van der Waals surface area contributed by atoms with Crippen LogP contribution in [0.2, 0.25) is 5.02 Å². The van der Waals surface area contributed by atoms with Crippen molar-refractivity contribution in [3.05, 3.63) is 88.4 Å². The van der Waals surface area contributed by atoms with E-state index in [9.17, 15) is 4.79 Å². The maximum atomic E-state index is 13.3. The van der Waals surface area contributed by atoms with Crippen LogP contribution in [0.5, 0.6) is 0 Å². The lowest BCUT2D eigenvalue weighted by Crippen LogP contribution is -2.38. The normalized spacial score (nSPS) is 15.9. The molecule has 162 valence electrons. The van der Waals surface area contributed by atoms with Gasteiger partial charge >= 0.3 is 0 Å². The van der Waals surface area contributed by atoms with E-state index >= 15 is 0 Å². The monoisotopic (exact) mass is 460 g/mol. The van der Waals surface area contributed by atoms with Gasteiger partial charge in [-0.2, -0.15) is 0 Å². The zero-order valence-corrected chi connectivity index (χ0v) is 19.6. The number of hydrogen-bond acceptors (Lipinski definition) is 3. The number of benzene rings is 3. The fraction of sp³-hybridized carbons (Fsp3) is 0.259. The molecule has 0 spiro atoms. The van der Waals surface area contributed by atoms with Gasteiger partial charge in [0.05, 0.1) is 11.4 Å². The van der Waals surface area contributed by atoms with Crippen molar-refractivity contribution in [2.24, 2.45) is 4.99 Å². The Hall–Kier alpha value is -2.56. The molecule has 0 unspecified atom stereocenters. The van der Waals surface area contributed by atoms with Crippen molar-refractivity contribution in [3.63, 3.8) is 0 Å². The summed E-state index contributed by atoms with van der Waals surface area (Å²) in [5.74, 6) is 0.0784. The summed E-state index contributed by atoms with van der Waals surface area (Å²) in [5, 5.41) is 0.699. The van der Waals surface area contributed by atoms with Gasteiger partial charge in [0.2, 0.25) is 0 Å². The van der Waals surface area contributed by atoms with Crippen molar-refractivity contribution < 1.29 is 4.79 Å². The molecule has 5 heteroatoms. The zero-order chi connectivity index (χ0) is 22.1. The molecule has 5 rings (SSSR count). The van der Waals surface area contributed by atoms with Gasteiger partial charge in [-0.05, 0) is 49.2 Å². The second-order valence-electron chi connectivity index (χ2n) is 8.46. The molecule has 3 aromatic rings. The Kier molecular flexibility index (Phi) is 6.07. The van der Waals surface area contributed by atoms with Gasteiger partial charge in [-0.3, -0.25) is 4.79 Å². The molecule has 0 atom stereocenters. The molecule has 1 amide bonds. The summed E-state index contributed by atoms with van der Waals surface area (Å²) >= 11 is 7.82. The van der Waals surface area contributed by atoms with E-state index in [2.05, 4.69) is 12.1 Å². The molecule has 0 bridgehead atoms. The van der Waals surface area contributed by atoms with Crippen LogP contribution in [0.3, 0.4) is 0 Å². The summed E-state index contributed by atoms with van der Waals surface area (Å²) in [7, 11) is 1.94. The Morgan fingerprint density at radius 1 is 0.969 bits per heavy atom. The number of carbonyl (C=O) groups is 1. The van der Waals surface area contributed by atoms with Gasteiger partial charge in [-0.25, -0.2) is 4.99 Å². The van der Waals surface area contributed by atoms with Crippen molar-refractivity contribution in [1.82, 2.24) is 4.90 Å². The highest BCUT2D eigenvalue weighted by atomic mass is 35.5. The van der Waals surface area contributed by atoms with Crippen molar-refractivity contribution in [3.8, 4) is 0 Å². The fourth-order valence-electron chi connectivity index (χ4n) is 4.54. The van der Waals surface area contributed by atoms with Crippen LogP contribution in [0.15, 0.2) is 81.5 Å². The van der Waals surface area contributed by atoms with Crippen molar-refractivity contribution >= 4 is 40.7 Å².